The molecule has 7 aromatic carbocycles. The summed E-state index contributed by atoms with van der Waals surface area (Å²) >= 11 is 0. The number of nitrogens with zero attached hydrogens (tertiary/aromatic N) is 4. The first kappa shape index (κ1) is 27.6. The van der Waals surface area contributed by atoms with Gasteiger partial charge < -0.3 is 9.13 Å². The number of aromatic nitrogens is 4. The number of fused-ring (bicyclic) bond motifs is 8. The highest BCUT2D eigenvalue weighted by Gasteiger charge is 2.20. The van der Waals surface area contributed by atoms with E-state index in [1.165, 1.54) is 49.2 Å². The summed E-state index contributed by atoms with van der Waals surface area (Å²) in [5.74, 6) is 0.721. The van der Waals surface area contributed by atoms with Crippen molar-refractivity contribution in [2.75, 3.05) is 0 Å². The lowest BCUT2D eigenvalue weighted by atomic mass is 10.0. The summed E-state index contributed by atoms with van der Waals surface area (Å²) in [5.41, 5.74) is 12.2. The van der Waals surface area contributed by atoms with E-state index in [-0.39, 0.29) is 0 Å². The molecule has 0 radical (unpaired) electrons. The lowest BCUT2D eigenvalue weighted by Gasteiger charge is -2.11. The van der Waals surface area contributed by atoms with Gasteiger partial charge in [0.15, 0.2) is 5.82 Å². The highest BCUT2D eigenvalue weighted by molar-refractivity contribution is 6.28. The Morgan fingerprint density at radius 1 is 0.388 bits per heavy atom. The molecule has 0 unspecified atom stereocenters. The van der Waals surface area contributed by atoms with Gasteiger partial charge in [-0.15, -0.1) is 0 Å². The first-order valence-corrected chi connectivity index (χ1v) is 16.7. The zero-order valence-electron chi connectivity index (χ0n) is 26.9. The van der Waals surface area contributed by atoms with Gasteiger partial charge in [-0.3, -0.25) is 0 Å². The molecule has 4 nitrogen and oxygen atoms in total. The summed E-state index contributed by atoms with van der Waals surface area (Å²) in [6.45, 7) is 2.11. The molecule has 10 aromatic rings. The van der Waals surface area contributed by atoms with Crippen LogP contribution in [-0.2, 0) is 0 Å². The van der Waals surface area contributed by atoms with Gasteiger partial charge in [-0.2, -0.15) is 0 Å². The van der Waals surface area contributed by atoms with Crippen LogP contribution in [0.4, 0.5) is 0 Å². The third-order valence-electron chi connectivity index (χ3n) is 9.80. The van der Waals surface area contributed by atoms with Crippen molar-refractivity contribution in [3.05, 3.63) is 169 Å². The van der Waals surface area contributed by atoms with Crippen molar-refractivity contribution < 1.29 is 0 Å². The molecule has 4 heteroatoms. The summed E-state index contributed by atoms with van der Waals surface area (Å²) in [5, 5.41) is 6.09. The standard InChI is InChI=1S/C45H30N4/c1-29-19-21-30(22-20-29)44-34-13-5-8-16-37(34)46-45(47-44)31-23-25-33(26-24-31)49-39-18-10-7-15-36(39)43-41(49)28-27-40-42(43)35-14-6-9-17-38(35)48(40)32-11-3-2-4-12-32/h2-28H,1H3. The van der Waals surface area contributed by atoms with Crippen LogP contribution in [-0.4, -0.2) is 19.1 Å². The van der Waals surface area contributed by atoms with E-state index in [1.807, 2.05) is 6.07 Å². The van der Waals surface area contributed by atoms with Crippen LogP contribution in [0.25, 0.3) is 88.5 Å². The Kier molecular flexibility index (Phi) is 6.06. The molecule has 0 aliphatic carbocycles. The van der Waals surface area contributed by atoms with Crippen LogP contribution in [0.3, 0.4) is 0 Å². The maximum atomic E-state index is 5.13. The Balaban J connectivity index is 1.17. The van der Waals surface area contributed by atoms with E-state index in [0.717, 1.165) is 44.9 Å². The molecule has 0 aliphatic rings. The second-order valence-electron chi connectivity index (χ2n) is 12.7. The van der Waals surface area contributed by atoms with Crippen molar-refractivity contribution in [1.82, 2.24) is 19.1 Å². The van der Waals surface area contributed by atoms with Crippen molar-refractivity contribution >= 4 is 54.5 Å². The summed E-state index contributed by atoms with van der Waals surface area (Å²) in [6, 6.07) is 58.3. The van der Waals surface area contributed by atoms with Crippen LogP contribution in [0.5, 0.6) is 0 Å². The zero-order chi connectivity index (χ0) is 32.5. The van der Waals surface area contributed by atoms with Gasteiger partial charge in [-0.05, 0) is 73.7 Å². The van der Waals surface area contributed by atoms with Crippen LogP contribution in [0.2, 0.25) is 0 Å². The third kappa shape index (κ3) is 4.24. The number of para-hydroxylation sites is 4. The number of aryl methyl sites for hydroxylation is 1. The van der Waals surface area contributed by atoms with Crippen molar-refractivity contribution in [1.29, 1.82) is 0 Å². The molecule has 0 saturated heterocycles. The fourth-order valence-corrected chi connectivity index (χ4v) is 7.55. The van der Waals surface area contributed by atoms with Gasteiger partial charge >= 0.3 is 0 Å². The lowest BCUT2D eigenvalue weighted by Crippen LogP contribution is -1.97. The van der Waals surface area contributed by atoms with Crippen molar-refractivity contribution in [2.45, 2.75) is 6.92 Å². The molecule has 0 N–H and O–H groups in total. The first-order chi connectivity index (χ1) is 24.2. The molecular weight excluding hydrogens is 597 g/mol. The van der Waals surface area contributed by atoms with E-state index < -0.39 is 0 Å². The van der Waals surface area contributed by atoms with E-state index in [4.69, 9.17) is 9.97 Å². The highest BCUT2D eigenvalue weighted by atomic mass is 15.0. The largest absolute Gasteiger partial charge is 0.309 e. The fourth-order valence-electron chi connectivity index (χ4n) is 7.55. The number of hydrogen-bond acceptors (Lipinski definition) is 2. The SMILES string of the molecule is Cc1ccc(-c2nc(-c3ccc(-n4c5ccccc5c5c6c7ccccc7n(-c7ccccc7)c6ccc54)cc3)nc3ccccc23)cc1. The topological polar surface area (TPSA) is 35.6 Å². The quantitative estimate of drug-likeness (QED) is 0.195. The molecule has 0 aliphatic heterocycles. The maximum Gasteiger partial charge on any atom is 0.160 e. The van der Waals surface area contributed by atoms with Gasteiger partial charge in [-0.25, -0.2) is 9.97 Å². The molecule has 3 aromatic heterocycles. The van der Waals surface area contributed by atoms with Crippen LogP contribution < -0.4 is 0 Å². The molecule has 0 spiro atoms. The number of benzene rings is 7. The molecule has 0 bridgehead atoms. The summed E-state index contributed by atoms with van der Waals surface area (Å²) in [7, 11) is 0. The second kappa shape index (κ2) is 10.8. The smallest absolute Gasteiger partial charge is 0.160 e. The monoisotopic (exact) mass is 626 g/mol. The first-order valence-electron chi connectivity index (χ1n) is 16.7. The number of hydrogen-bond donors (Lipinski definition) is 0. The average Bonchev–Trinajstić information content (AvgIpc) is 3.68. The van der Waals surface area contributed by atoms with Crippen LogP contribution in [0.1, 0.15) is 5.56 Å². The maximum absolute atomic E-state index is 5.13. The van der Waals surface area contributed by atoms with Gasteiger partial charge in [-0.1, -0.05) is 103 Å². The van der Waals surface area contributed by atoms with Crippen LogP contribution >= 0.6 is 0 Å². The minimum atomic E-state index is 0.721. The predicted octanol–water partition coefficient (Wildman–Crippen LogP) is 11.5. The molecule has 0 amide bonds. The van der Waals surface area contributed by atoms with Crippen molar-refractivity contribution in [3.63, 3.8) is 0 Å². The predicted molar refractivity (Wildman–Crippen MR) is 204 cm³/mol. The van der Waals surface area contributed by atoms with Crippen LogP contribution in [0.15, 0.2) is 164 Å². The Morgan fingerprint density at radius 3 is 1.53 bits per heavy atom. The highest BCUT2D eigenvalue weighted by Crippen LogP contribution is 2.42. The fraction of sp³-hybridized carbons (Fsp3) is 0.0222. The van der Waals surface area contributed by atoms with Gasteiger partial charge in [0.25, 0.3) is 0 Å². The van der Waals surface area contributed by atoms with Gasteiger partial charge in [0.1, 0.15) is 0 Å². The van der Waals surface area contributed by atoms with E-state index >= 15 is 0 Å². The summed E-state index contributed by atoms with van der Waals surface area (Å²) in [6.07, 6.45) is 0. The molecule has 230 valence electrons. The average molecular weight is 627 g/mol. The summed E-state index contributed by atoms with van der Waals surface area (Å²) < 4.78 is 4.78. The third-order valence-corrected chi connectivity index (χ3v) is 9.80. The van der Waals surface area contributed by atoms with E-state index in [1.54, 1.807) is 0 Å². The Morgan fingerprint density at radius 2 is 0.898 bits per heavy atom. The molecule has 49 heavy (non-hydrogen) atoms. The Labute approximate surface area is 283 Å². The van der Waals surface area contributed by atoms with Gasteiger partial charge in [0.05, 0.1) is 33.3 Å². The zero-order valence-corrected chi connectivity index (χ0v) is 26.9. The molecule has 10 rings (SSSR count). The summed E-state index contributed by atoms with van der Waals surface area (Å²) in [4.78, 5) is 10.1. The van der Waals surface area contributed by atoms with Crippen LogP contribution in [0, 0.1) is 6.92 Å². The lowest BCUT2D eigenvalue weighted by molar-refractivity contribution is 1.17. The molecule has 0 saturated carbocycles. The molecular formula is C45H30N4. The Bertz CT molecular complexity index is 2860. The van der Waals surface area contributed by atoms with E-state index in [2.05, 4.69) is 174 Å². The molecule has 0 fully saturated rings. The Hall–Kier alpha value is -6.52. The normalized spacial score (nSPS) is 11.8. The second-order valence-corrected chi connectivity index (χ2v) is 12.7. The minimum absolute atomic E-state index is 0.721. The molecule has 3 heterocycles. The molecule has 0 atom stereocenters. The minimum Gasteiger partial charge on any atom is -0.309 e. The van der Waals surface area contributed by atoms with Gasteiger partial charge in [0.2, 0.25) is 0 Å². The van der Waals surface area contributed by atoms with Gasteiger partial charge in [0, 0.05) is 49.4 Å². The number of rotatable bonds is 4. The van der Waals surface area contributed by atoms with E-state index in [0.29, 0.717) is 0 Å². The van der Waals surface area contributed by atoms with Crippen molar-refractivity contribution in [3.8, 4) is 34.0 Å². The van der Waals surface area contributed by atoms with Crippen molar-refractivity contribution in [2.24, 2.45) is 0 Å². The van der Waals surface area contributed by atoms with E-state index in [9.17, 15) is 0 Å².